The minimum Gasteiger partial charge on any atom is -0.444 e. The van der Waals surface area contributed by atoms with Crippen LogP contribution in [0.15, 0.2) is 59.2 Å². The predicted octanol–water partition coefficient (Wildman–Crippen LogP) is 5.32. The third kappa shape index (κ3) is 2.65. The average Bonchev–Trinajstić information content (AvgIpc) is 2.89. The summed E-state index contributed by atoms with van der Waals surface area (Å²) < 4.78 is 5.49. The van der Waals surface area contributed by atoms with Gasteiger partial charge in [-0.3, -0.25) is 0 Å². The third-order valence-corrected chi connectivity index (χ3v) is 3.20. The zero-order chi connectivity index (χ0) is 13.2. The van der Waals surface area contributed by atoms with Gasteiger partial charge < -0.3 is 4.42 Å². The van der Waals surface area contributed by atoms with Crippen molar-refractivity contribution in [2.24, 2.45) is 0 Å². The molecule has 0 bridgehead atoms. The largest absolute Gasteiger partial charge is 0.444 e. The lowest BCUT2D eigenvalue weighted by Gasteiger charge is -1.96. The van der Waals surface area contributed by atoms with Crippen LogP contribution in [0.3, 0.4) is 0 Å². The molecule has 0 saturated heterocycles. The van der Waals surface area contributed by atoms with E-state index in [1.54, 1.807) is 6.26 Å². The van der Waals surface area contributed by atoms with E-state index in [-0.39, 0.29) is 0 Å². The molecule has 0 aliphatic heterocycles. The number of oxazole rings is 1. The number of hydrogen-bond donors (Lipinski definition) is 0. The van der Waals surface area contributed by atoms with Gasteiger partial charge in [-0.25, -0.2) is 4.98 Å². The molecule has 0 aliphatic carbocycles. The van der Waals surface area contributed by atoms with Crippen LogP contribution < -0.4 is 0 Å². The van der Waals surface area contributed by atoms with Crippen LogP contribution in [-0.2, 0) is 0 Å². The fourth-order valence-electron chi connectivity index (χ4n) is 1.78. The molecule has 2 nitrogen and oxygen atoms in total. The van der Waals surface area contributed by atoms with Gasteiger partial charge >= 0.3 is 0 Å². The highest BCUT2D eigenvalue weighted by Gasteiger charge is 2.08. The predicted molar refractivity (Wildman–Crippen MR) is 77.4 cm³/mol. The number of halogens is 2. The van der Waals surface area contributed by atoms with Crippen LogP contribution in [0, 0.1) is 0 Å². The number of nitrogens with zero attached hydrogens (tertiary/aromatic N) is 1. The molecule has 3 rings (SSSR count). The summed E-state index contributed by atoms with van der Waals surface area (Å²) in [6.45, 7) is 0. The van der Waals surface area contributed by atoms with Gasteiger partial charge in [0.25, 0.3) is 0 Å². The number of aromatic nitrogens is 1. The molecule has 19 heavy (non-hydrogen) atoms. The van der Waals surface area contributed by atoms with Gasteiger partial charge in [0, 0.05) is 21.2 Å². The van der Waals surface area contributed by atoms with Crippen molar-refractivity contribution in [3.05, 3.63) is 64.8 Å². The van der Waals surface area contributed by atoms with Crippen LogP contribution in [0.5, 0.6) is 0 Å². The Balaban J connectivity index is 1.97. The molecule has 0 spiro atoms. The van der Waals surface area contributed by atoms with Crippen LogP contribution in [0.4, 0.5) is 0 Å². The van der Waals surface area contributed by atoms with Crippen LogP contribution in [-0.4, -0.2) is 4.98 Å². The Labute approximate surface area is 120 Å². The molecule has 3 aromatic rings. The fraction of sp³-hybridized carbons (Fsp3) is 0. The minimum absolute atomic E-state index is 0.549. The highest BCUT2D eigenvalue weighted by molar-refractivity contribution is 6.31. The van der Waals surface area contributed by atoms with Crippen LogP contribution >= 0.6 is 23.2 Å². The van der Waals surface area contributed by atoms with Crippen molar-refractivity contribution in [3.63, 3.8) is 0 Å². The quantitative estimate of drug-likeness (QED) is 0.638. The monoisotopic (exact) mass is 289 g/mol. The number of rotatable bonds is 2. The topological polar surface area (TPSA) is 26.0 Å². The van der Waals surface area contributed by atoms with Gasteiger partial charge in [0.15, 0.2) is 0 Å². The second-order valence-electron chi connectivity index (χ2n) is 4.06. The molecular weight excluding hydrogens is 281 g/mol. The van der Waals surface area contributed by atoms with E-state index in [4.69, 9.17) is 27.6 Å². The van der Waals surface area contributed by atoms with Gasteiger partial charge in [0.1, 0.15) is 12.0 Å². The summed E-state index contributed by atoms with van der Waals surface area (Å²) in [4.78, 5) is 4.45. The molecule has 0 unspecified atom stereocenters. The van der Waals surface area contributed by atoms with E-state index in [1.807, 2.05) is 48.5 Å². The summed E-state index contributed by atoms with van der Waals surface area (Å²) in [6.07, 6.45) is 1.62. The zero-order valence-electron chi connectivity index (χ0n) is 9.81. The van der Waals surface area contributed by atoms with E-state index in [9.17, 15) is 0 Å². The Kier molecular flexibility index (Phi) is 3.28. The molecule has 94 valence electrons. The second kappa shape index (κ2) is 5.08. The smallest absolute Gasteiger partial charge is 0.226 e. The summed E-state index contributed by atoms with van der Waals surface area (Å²) in [5.41, 5.74) is 2.58. The van der Waals surface area contributed by atoms with Crippen LogP contribution in [0.2, 0.25) is 10.0 Å². The van der Waals surface area contributed by atoms with E-state index in [0.717, 1.165) is 16.8 Å². The third-order valence-electron chi connectivity index (χ3n) is 2.72. The maximum Gasteiger partial charge on any atom is 0.226 e. The van der Waals surface area contributed by atoms with E-state index >= 15 is 0 Å². The molecule has 0 atom stereocenters. The first-order valence-corrected chi connectivity index (χ1v) is 6.45. The van der Waals surface area contributed by atoms with Crippen molar-refractivity contribution in [2.75, 3.05) is 0 Å². The van der Waals surface area contributed by atoms with E-state index in [1.165, 1.54) is 0 Å². The minimum atomic E-state index is 0.549. The van der Waals surface area contributed by atoms with Crippen LogP contribution in [0.1, 0.15) is 0 Å². The van der Waals surface area contributed by atoms with Crippen molar-refractivity contribution in [1.29, 1.82) is 0 Å². The highest BCUT2D eigenvalue weighted by Crippen LogP contribution is 2.26. The molecule has 0 radical (unpaired) electrons. The van der Waals surface area contributed by atoms with Crippen molar-refractivity contribution >= 4 is 23.2 Å². The summed E-state index contributed by atoms with van der Waals surface area (Å²) in [5, 5.41) is 1.35. The Bertz CT molecular complexity index is 704. The van der Waals surface area contributed by atoms with E-state index in [2.05, 4.69) is 4.98 Å². The Morgan fingerprint density at radius 1 is 0.842 bits per heavy atom. The Morgan fingerprint density at radius 2 is 1.63 bits per heavy atom. The van der Waals surface area contributed by atoms with Crippen molar-refractivity contribution in [2.45, 2.75) is 0 Å². The first-order valence-electron chi connectivity index (χ1n) is 5.70. The Morgan fingerprint density at radius 3 is 2.37 bits per heavy atom. The van der Waals surface area contributed by atoms with Crippen molar-refractivity contribution in [1.82, 2.24) is 4.98 Å². The molecule has 1 heterocycles. The number of hydrogen-bond acceptors (Lipinski definition) is 2. The highest BCUT2D eigenvalue weighted by atomic mass is 35.5. The van der Waals surface area contributed by atoms with E-state index < -0.39 is 0 Å². The van der Waals surface area contributed by atoms with E-state index in [0.29, 0.717) is 15.9 Å². The van der Waals surface area contributed by atoms with Crippen molar-refractivity contribution < 1.29 is 4.42 Å². The summed E-state index contributed by atoms with van der Waals surface area (Å²) in [7, 11) is 0. The zero-order valence-corrected chi connectivity index (χ0v) is 11.3. The van der Waals surface area contributed by atoms with Gasteiger partial charge in [0.2, 0.25) is 5.89 Å². The molecule has 0 saturated carbocycles. The van der Waals surface area contributed by atoms with Gasteiger partial charge in [-0.2, -0.15) is 0 Å². The normalized spacial score (nSPS) is 10.6. The molecule has 4 heteroatoms. The maximum absolute atomic E-state index is 5.95. The first-order chi connectivity index (χ1) is 9.22. The molecular formula is C15H9Cl2NO. The fourth-order valence-corrected chi connectivity index (χ4v) is 2.10. The molecule has 2 aromatic carbocycles. The summed E-state index contributed by atoms with van der Waals surface area (Å²) in [5.74, 6) is 0.549. The lowest BCUT2D eigenvalue weighted by atomic mass is 10.2. The standard InChI is InChI=1S/C15H9Cl2NO/c16-12-6-4-10(5-7-12)14-9-19-15(18-14)11-2-1-3-13(17)8-11/h1-9H. The second-order valence-corrected chi connectivity index (χ2v) is 4.93. The average molecular weight is 290 g/mol. The summed E-state index contributed by atoms with van der Waals surface area (Å²) >= 11 is 11.8. The number of benzene rings is 2. The van der Waals surface area contributed by atoms with Gasteiger partial charge in [0.05, 0.1) is 0 Å². The maximum atomic E-state index is 5.95. The lowest BCUT2D eigenvalue weighted by molar-refractivity contribution is 0.575. The molecule has 1 aromatic heterocycles. The van der Waals surface area contributed by atoms with Gasteiger partial charge in [-0.15, -0.1) is 0 Å². The van der Waals surface area contributed by atoms with Crippen LogP contribution in [0.25, 0.3) is 22.7 Å². The molecule has 0 amide bonds. The molecule has 0 N–H and O–H groups in total. The molecule has 0 aliphatic rings. The SMILES string of the molecule is Clc1ccc(-c2coc(-c3cccc(Cl)c3)n2)cc1. The molecule has 0 fully saturated rings. The lowest BCUT2D eigenvalue weighted by Crippen LogP contribution is -1.79. The van der Waals surface area contributed by atoms with Crippen molar-refractivity contribution in [3.8, 4) is 22.7 Å². The first kappa shape index (κ1) is 12.3. The Hall–Kier alpha value is -1.77. The van der Waals surface area contributed by atoms with Gasteiger partial charge in [-0.1, -0.05) is 41.4 Å². The summed E-state index contributed by atoms with van der Waals surface area (Å²) in [6, 6.07) is 14.9. The van der Waals surface area contributed by atoms with Gasteiger partial charge in [-0.05, 0) is 30.3 Å².